The summed E-state index contributed by atoms with van der Waals surface area (Å²) in [5.74, 6) is 0. The number of ether oxygens (including phenoxy) is 1. The Morgan fingerprint density at radius 3 is 2.42 bits per heavy atom. The van der Waals surface area contributed by atoms with Gasteiger partial charge in [-0.05, 0) is 48.9 Å². The van der Waals surface area contributed by atoms with Crippen LogP contribution in [0.25, 0.3) is 0 Å². The molecular formula is C18H19Cl2N3O3. The first-order valence-corrected chi connectivity index (χ1v) is 8.65. The van der Waals surface area contributed by atoms with Gasteiger partial charge in [-0.3, -0.25) is 4.90 Å². The Hall–Kier alpha value is -2.44. The highest BCUT2D eigenvalue weighted by molar-refractivity contribution is 6.35. The molecule has 0 heterocycles. The molecule has 0 saturated heterocycles. The van der Waals surface area contributed by atoms with Gasteiger partial charge in [-0.1, -0.05) is 29.3 Å². The van der Waals surface area contributed by atoms with E-state index in [0.717, 1.165) is 5.56 Å². The zero-order valence-corrected chi connectivity index (χ0v) is 15.9. The number of benzene rings is 2. The van der Waals surface area contributed by atoms with Crippen LogP contribution in [0.5, 0.6) is 0 Å². The van der Waals surface area contributed by atoms with Crippen molar-refractivity contribution in [3.63, 3.8) is 0 Å². The van der Waals surface area contributed by atoms with E-state index in [1.807, 2.05) is 0 Å². The third-order valence-electron chi connectivity index (χ3n) is 3.51. The number of hydrogen-bond donors (Lipinski definition) is 2. The van der Waals surface area contributed by atoms with Crippen molar-refractivity contribution in [1.29, 1.82) is 0 Å². The summed E-state index contributed by atoms with van der Waals surface area (Å²) >= 11 is 11.9. The molecule has 2 rings (SSSR count). The summed E-state index contributed by atoms with van der Waals surface area (Å²) in [6, 6.07) is 11.5. The third kappa shape index (κ3) is 5.54. The summed E-state index contributed by atoms with van der Waals surface area (Å²) in [7, 11) is 1.61. The highest BCUT2D eigenvalue weighted by atomic mass is 35.5. The molecule has 0 aliphatic rings. The van der Waals surface area contributed by atoms with Crippen LogP contribution in [0.1, 0.15) is 12.5 Å². The normalized spacial score (nSPS) is 10.2. The number of halogens is 2. The lowest BCUT2D eigenvalue weighted by Gasteiger charge is -2.17. The molecule has 0 aliphatic heterocycles. The van der Waals surface area contributed by atoms with Gasteiger partial charge in [0, 0.05) is 35.0 Å². The number of anilines is 2. The molecule has 0 aromatic heterocycles. The Labute approximate surface area is 162 Å². The van der Waals surface area contributed by atoms with E-state index < -0.39 is 6.09 Å². The van der Waals surface area contributed by atoms with Crippen LogP contribution in [0.3, 0.4) is 0 Å². The van der Waals surface area contributed by atoms with Gasteiger partial charge in [-0.25, -0.2) is 9.59 Å². The summed E-state index contributed by atoms with van der Waals surface area (Å²) in [6.45, 7) is 2.32. The molecule has 2 aromatic carbocycles. The zero-order chi connectivity index (χ0) is 19.1. The van der Waals surface area contributed by atoms with Crippen LogP contribution in [0, 0.1) is 0 Å². The van der Waals surface area contributed by atoms with E-state index in [0.29, 0.717) is 28.0 Å². The first kappa shape index (κ1) is 19.9. The molecule has 0 radical (unpaired) electrons. The second-order valence-electron chi connectivity index (χ2n) is 5.35. The molecule has 3 amide bonds. The Morgan fingerprint density at radius 1 is 1.12 bits per heavy atom. The van der Waals surface area contributed by atoms with Crippen LogP contribution in [-0.2, 0) is 11.3 Å². The van der Waals surface area contributed by atoms with E-state index in [9.17, 15) is 9.59 Å². The van der Waals surface area contributed by atoms with Gasteiger partial charge in [0.2, 0.25) is 0 Å². The summed E-state index contributed by atoms with van der Waals surface area (Å²) < 4.78 is 4.93. The molecular weight excluding hydrogens is 377 g/mol. The Kier molecular flexibility index (Phi) is 7.12. The number of nitrogens with one attached hydrogen (secondary N) is 2. The minimum atomic E-state index is -0.439. The molecule has 0 saturated carbocycles. The Balaban J connectivity index is 1.90. The van der Waals surface area contributed by atoms with Crippen LogP contribution in [0.2, 0.25) is 10.0 Å². The summed E-state index contributed by atoms with van der Waals surface area (Å²) in [5.41, 5.74) is 2.01. The Morgan fingerprint density at radius 2 is 1.81 bits per heavy atom. The van der Waals surface area contributed by atoms with Crippen molar-refractivity contribution >= 4 is 46.7 Å². The summed E-state index contributed by atoms with van der Waals surface area (Å²) in [6.07, 6.45) is -0.439. The van der Waals surface area contributed by atoms with Crippen LogP contribution in [-0.4, -0.2) is 25.8 Å². The van der Waals surface area contributed by atoms with E-state index in [1.165, 1.54) is 4.90 Å². The molecule has 0 fully saturated rings. The van der Waals surface area contributed by atoms with Gasteiger partial charge >= 0.3 is 12.1 Å². The molecule has 138 valence electrons. The van der Waals surface area contributed by atoms with Gasteiger partial charge in [-0.2, -0.15) is 0 Å². The molecule has 0 spiro atoms. The fraction of sp³-hybridized carbons (Fsp3) is 0.222. The fourth-order valence-corrected chi connectivity index (χ4v) is 2.59. The van der Waals surface area contributed by atoms with Gasteiger partial charge in [0.05, 0.1) is 6.61 Å². The lowest BCUT2D eigenvalue weighted by molar-refractivity contribution is 0.161. The maximum atomic E-state index is 12.0. The highest BCUT2D eigenvalue weighted by Crippen LogP contribution is 2.21. The third-order valence-corrected chi connectivity index (χ3v) is 4.10. The smallest absolute Gasteiger partial charge is 0.413 e. The van der Waals surface area contributed by atoms with Crippen LogP contribution in [0.15, 0.2) is 42.5 Å². The number of nitrogens with zero attached hydrogens (tertiary/aromatic N) is 1. The minimum Gasteiger partial charge on any atom is -0.449 e. The van der Waals surface area contributed by atoms with Crippen molar-refractivity contribution in [3.05, 3.63) is 58.1 Å². The molecule has 26 heavy (non-hydrogen) atoms. The molecule has 6 nitrogen and oxygen atoms in total. The Bertz CT molecular complexity index is 782. The van der Waals surface area contributed by atoms with Crippen molar-refractivity contribution in [3.8, 4) is 0 Å². The second kappa shape index (κ2) is 9.31. The molecule has 0 aliphatic carbocycles. The first-order chi connectivity index (χ1) is 12.4. The standard InChI is InChI=1S/C18H19Cl2N3O3/c1-3-26-18(25)23(2)15-8-6-14(7-9-15)22-17(24)21-11-12-4-5-13(19)10-16(12)20/h4-10H,3,11H2,1-2H3,(H2,21,22,24). The van der Waals surface area contributed by atoms with Crippen LogP contribution >= 0.6 is 23.2 Å². The predicted molar refractivity (Wildman–Crippen MR) is 104 cm³/mol. The largest absolute Gasteiger partial charge is 0.449 e. The highest BCUT2D eigenvalue weighted by Gasteiger charge is 2.11. The maximum absolute atomic E-state index is 12.0. The molecule has 0 bridgehead atoms. The summed E-state index contributed by atoms with van der Waals surface area (Å²) in [5, 5.41) is 6.46. The molecule has 8 heteroatoms. The second-order valence-corrected chi connectivity index (χ2v) is 6.19. The quantitative estimate of drug-likeness (QED) is 0.755. The number of hydrogen-bond acceptors (Lipinski definition) is 3. The molecule has 0 unspecified atom stereocenters. The van der Waals surface area contributed by atoms with Crippen molar-refractivity contribution < 1.29 is 14.3 Å². The first-order valence-electron chi connectivity index (χ1n) is 7.90. The number of carbonyl (C=O) groups is 2. The summed E-state index contributed by atoms with van der Waals surface area (Å²) in [4.78, 5) is 25.1. The average molecular weight is 396 g/mol. The molecule has 2 aromatic rings. The van der Waals surface area contributed by atoms with Crippen LogP contribution < -0.4 is 15.5 Å². The maximum Gasteiger partial charge on any atom is 0.413 e. The predicted octanol–water partition coefficient (Wildman–Crippen LogP) is 4.91. The number of amides is 3. The van der Waals surface area contributed by atoms with E-state index in [-0.39, 0.29) is 12.6 Å². The lowest BCUT2D eigenvalue weighted by Crippen LogP contribution is -2.28. The van der Waals surface area contributed by atoms with Crippen molar-refractivity contribution in [2.24, 2.45) is 0 Å². The van der Waals surface area contributed by atoms with Gasteiger partial charge < -0.3 is 15.4 Å². The van der Waals surface area contributed by atoms with E-state index in [2.05, 4.69) is 10.6 Å². The SMILES string of the molecule is CCOC(=O)N(C)c1ccc(NC(=O)NCc2ccc(Cl)cc2Cl)cc1. The topological polar surface area (TPSA) is 70.7 Å². The van der Waals surface area contributed by atoms with Crippen LogP contribution in [0.4, 0.5) is 21.0 Å². The van der Waals surface area contributed by atoms with Crippen molar-refractivity contribution in [1.82, 2.24) is 5.32 Å². The fourth-order valence-electron chi connectivity index (χ4n) is 2.11. The van der Waals surface area contributed by atoms with Gasteiger partial charge in [0.1, 0.15) is 0 Å². The van der Waals surface area contributed by atoms with E-state index in [4.69, 9.17) is 27.9 Å². The van der Waals surface area contributed by atoms with Gasteiger partial charge in [0.25, 0.3) is 0 Å². The van der Waals surface area contributed by atoms with Crippen molar-refractivity contribution in [2.45, 2.75) is 13.5 Å². The monoisotopic (exact) mass is 395 g/mol. The average Bonchev–Trinajstić information content (AvgIpc) is 2.61. The molecule has 2 N–H and O–H groups in total. The van der Waals surface area contributed by atoms with Gasteiger partial charge in [0.15, 0.2) is 0 Å². The minimum absolute atomic E-state index is 0.269. The van der Waals surface area contributed by atoms with E-state index in [1.54, 1.807) is 56.4 Å². The number of rotatable bonds is 5. The molecule has 0 atom stereocenters. The number of carbonyl (C=O) groups excluding carboxylic acids is 2. The van der Waals surface area contributed by atoms with E-state index >= 15 is 0 Å². The number of urea groups is 1. The van der Waals surface area contributed by atoms with Crippen molar-refractivity contribution in [2.75, 3.05) is 23.9 Å². The van der Waals surface area contributed by atoms with Gasteiger partial charge in [-0.15, -0.1) is 0 Å². The zero-order valence-electron chi connectivity index (χ0n) is 14.4. The lowest BCUT2D eigenvalue weighted by atomic mass is 10.2.